The topological polar surface area (TPSA) is 59.5 Å². The van der Waals surface area contributed by atoms with Gasteiger partial charge >= 0.3 is 0 Å². The average Bonchev–Trinajstić information content (AvgIpc) is 3.04. The Bertz CT molecular complexity index is 811. The van der Waals surface area contributed by atoms with Gasteiger partial charge in [-0.3, -0.25) is 14.6 Å². The van der Waals surface area contributed by atoms with Crippen LogP contribution in [0.2, 0.25) is 0 Å². The molecule has 25 heavy (non-hydrogen) atoms. The van der Waals surface area contributed by atoms with Gasteiger partial charge in [0, 0.05) is 30.3 Å². The maximum Gasteiger partial charge on any atom is 0.233 e. The van der Waals surface area contributed by atoms with E-state index < -0.39 is 5.60 Å². The van der Waals surface area contributed by atoms with Crippen molar-refractivity contribution in [3.05, 3.63) is 54.4 Å². The second kappa shape index (κ2) is 6.52. The lowest BCUT2D eigenvalue weighted by molar-refractivity contribution is -0.128. The van der Waals surface area contributed by atoms with Crippen LogP contribution in [-0.2, 0) is 4.79 Å². The maximum absolute atomic E-state index is 12.5. The largest absolute Gasteiger partial charge is 0.484 e. The highest BCUT2D eigenvalue weighted by Gasteiger charge is 2.46. The van der Waals surface area contributed by atoms with Crippen LogP contribution in [0, 0.1) is 0 Å². The second-order valence-corrected chi connectivity index (χ2v) is 7.47. The highest BCUT2D eigenvalue weighted by atomic mass is 32.2. The number of para-hydroxylation sites is 1. The first-order valence-corrected chi connectivity index (χ1v) is 9.26. The van der Waals surface area contributed by atoms with Gasteiger partial charge in [0.1, 0.15) is 11.4 Å². The third kappa shape index (κ3) is 3.26. The number of nitrogens with zero attached hydrogens (tertiary/aromatic N) is 2. The summed E-state index contributed by atoms with van der Waals surface area (Å²) in [4.78, 5) is 31.8. The molecule has 2 aromatic rings. The second-order valence-electron chi connectivity index (χ2n) is 6.42. The molecule has 0 bridgehead atoms. The smallest absolute Gasteiger partial charge is 0.233 e. The van der Waals surface area contributed by atoms with Crippen LogP contribution in [0.5, 0.6) is 5.75 Å². The van der Waals surface area contributed by atoms with Crippen LogP contribution in [0.1, 0.15) is 23.2 Å². The van der Waals surface area contributed by atoms with Crippen molar-refractivity contribution in [2.24, 2.45) is 0 Å². The van der Waals surface area contributed by atoms with Crippen molar-refractivity contribution in [1.29, 1.82) is 0 Å². The van der Waals surface area contributed by atoms with Crippen LogP contribution >= 0.6 is 11.8 Å². The molecule has 0 N–H and O–H groups in total. The molecule has 1 spiro atoms. The molecule has 1 aromatic carbocycles. The number of carbonyl (C=O) groups excluding carboxylic acids is 2. The van der Waals surface area contributed by atoms with Gasteiger partial charge in [0.25, 0.3) is 0 Å². The molecule has 128 valence electrons. The zero-order chi connectivity index (χ0) is 17.3. The fraction of sp³-hybridized carbons (Fsp3) is 0.316. The number of hydrogen-bond donors (Lipinski definition) is 0. The lowest BCUT2D eigenvalue weighted by atomic mass is 9.89. The van der Waals surface area contributed by atoms with Crippen LogP contribution in [-0.4, -0.2) is 46.0 Å². The first kappa shape index (κ1) is 16.1. The maximum atomic E-state index is 12.5. The van der Waals surface area contributed by atoms with Crippen LogP contribution in [0.15, 0.2) is 53.7 Å². The molecule has 4 rings (SSSR count). The summed E-state index contributed by atoms with van der Waals surface area (Å²) in [5.74, 6) is 1.19. The van der Waals surface area contributed by atoms with Gasteiger partial charge in [-0.25, -0.2) is 0 Å². The summed E-state index contributed by atoms with van der Waals surface area (Å²) in [6.45, 7) is 1.11. The van der Waals surface area contributed by atoms with Gasteiger partial charge in [-0.05, 0) is 24.3 Å². The summed E-state index contributed by atoms with van der Waals surface area (Å²) in [5.41, 5.74) is 0.0775. The molecule has 2 aliphatic heterocycles. The summed E-state index contributed by atoms with van der Waals surface area (Å²) in [7, 11) is 0. The number of hydrogen-bond acceptors (Lipinski definition) is 5. The molecular formula is C19H18N2O3S. The Morgan fingerprint density at radius 1 is 1.24 bits per heavy atom. The summed E-state index contributed by atoms with van der Waals surface area (Å²) in [6, 6.07) is 11.1. The van der Waals surface area contributed by atoms with Crippen LogP contribution in [0.25, 0.3) is 0 Å². The number of amides is 1. The fourth-order valence-corrected chi connectivity index (χ4v) is 4.19. The molecule has 0 radical (unpaired) electrons. The molecule has 1 amide bonds. The number of aromatic nitrogens is 1. The molecule has 5 nitrogen and oxygen atoms in total. The van der Waals surface area contributed by atoms with E-state index in [9.17, 15) is 9.59 Å². The molecule has 1 aromatic heterocycles. The first-order chi connectivity index (χ1) is 12.2. The van der Waals surface area contributed by atoms with E-state index >= 15 is 0 Å². The number of fused-ring (bicyclic) bond motifs is 1. The summed E-state index contributed by atoms with van der Waals surface area (Å²) in [5, 5.41) is 0. The quantitative estimate of drug-likeness (QED) is 0.793. The van der Waals surface area contributed by atoms with E-state index in [0.29, 0.717) is 43.0 Å². The molecule has 1 fully saturated rings. The zero-order valence-electron chi connectivity index (χ0n) is 13.7. The molecule has 3 heterocycles. The van der Waals surface area contributed by atoms with E-state index in [4.69, 9.17) is 4.74 Å². The van der Waals surface area contributed by atoms with Crippen molar-refractivity contribution in [2.45, 2.75) is 23.3 Å². The van der Waals surface area contributed by atoms with Gasteiger partial charge in [-0.1, -0.05) is 12.1 Å². The Hall–Kier alpha value is -2.34. The molecular weight excluding hydrogens is 336 g/mol. The van der Waals surface area contributed by atoms with Crippen LogP contribution in [0.3, 0.4) is 0 Å². The van der Waals surface area contributed by atoms with Gasteiger partial charge in [-0.15, -0.1) is 11.8 Å². The van der Waals surface area contributed by atoms with E-state index in [1.165, 1.54) is 11.8 Å². The number of likely N-dealkylation sites (tertiary alicyclic amines) is 1. The van der Waals surface area contributed by atoms with E-state index in [0.717, 1.165) is 4.90 Å². The SMILES string of the molecule is O=C1CC2(CCN(C(=O)CSc3ccncc3)C2)Oc2ccccc21. The molecule has 2 aliphatic rings. The highest BCUT2D eigenvalue weighted by molar-refractivity contribution is 8.00. The molecule has 0 saturated carbocycles. The number of pyridine rings is 1. The summed E-state index contributed by atoms with van der Waals surface area (Å²) >= 11 is 1.50. The van der Waals surface area contributed by atoms with Crippen molar-refractivity contribution in [3.8, 4) is 5.75 Å². The number of ether oxygens (including phenoxy) is 1. The van der Waals surface area contributed by atoms with Gasteiger partial charge in [0.15, 0.2) is 5.78 Å². The van der Waals surface area contributed by atoms with E-state index in [1.54, 1.807) is 18.5 Å². The number of ketones is 1. The average molecular weight is 354 g/mol. The first-order valence-electron chi connectivity index (χ1n) is 8.27. The molecule has 6 heteroatoms. The molecule has 0 aliphatic carbocycles. The summed E-state index contributed by atoms with van der Waals surface area (Å²) < 4.78 is 6.16. The van der Waals surface area contributed by atoms with Crippen molar-refractivity contribution in [1.82, 2.24) is 9.88 Å². The van der Waals surface area contributed by atoms with Crippen molar-refractivity contribution in [2.75, 3.05) is 18.8 Å². The number of Topliss-reactive ketones (excluding diaryl/α,β-unsaturated/α-hetero) is 1. The summed E-state index contributed by atoms with van der Waals surface area (Å²) in [6.07, 6.45) is 4.47. The molecule has 1 saturated heterocycles. The fourth-order valence-electron chi connectivity index (χ4n) is 3.40. The number of carbonyl (C=O) groups is 2. The number of benzene rings is 1. The molecule has 1 unspecified atom stereocenters. The van der Waals surface area contributed by atoms with Crippen molar-refractivity contribution in [3.63, 3.8) is 0 Å². The minimum absolute atomic E-state index is 0.0774. The lowest BCUT2D eigenvalue weighted by Gasteiger charge is -2.34. The van der Waals surface area contributed by atoms with Gasteiger partial charge in [0.2, 0.25) is 5.91 Å². The Labute approximate surface area is 150 Å². The Morgan fingerprint density at radius 3 is 2.88 bits per heavy atom. The normalized spacial score (nSPS) is 21.9. The standard InChI is InChI=1S/C19H18N2O3S/c22-16-11-19(24-17-4-2-1-3-15(16)17)7-10-21(13-19)18(23)12-25-14-5-8-20-9-6-14/h1-6,8-9H,7,10-13H2. The number of rotatable bonds is 3. The predicted octanol–water partition coefficient (Wildman–Crippen LogP) is 2.81. The van der Waals surface area contributed by atoms with Gasteiger partial charge in [0.05, 0.1) is 24.3 Å². The van der Waals surface area contributed by atoms with Crippen molar-refractivity contribution < 1.29 is 14.3 Å². The Kier molecular flexibility index (Phi) is 4.21. The van der Waals surface area contributed by atoms with E-state index in [2.05, 4.69) is 4.98 Å². The zero-order valence-corrected chi connectivity index (χ0v) is 14.5. The van der Waals surface area contributed by atoms with Crippen LogP contribution in [0.4, 0.5) is 0 Å². The Balaban J connectivity index is 1.41. The third-order valence-electron chi connectivity index (χ3n) is 4.68. The van der Waals surface area contributed by atoms with Crippen LogP contribution < -0.4 is 4.74 Å². The lowest BCUT2D eigenvalue weighted by Crippen LogP contribution is -2.45. The van der Waals surface area contributed by atoms with E-state index in [-0.39, 0.29) is 11.7 Å². The third-order valence-corrected chi connectivity index (χ3v) is 5.67. The predicted molar refractivity (Wildman–Crippen MR) is 94.9 cm³/mol. The van der Waals surface area contributed by atoms with Gasteiger partial charge < -0.3 is 9.64 Å². The molecule has 1 atom stereocenters. The Morgan fingerprint density at radius 2 is 2.04 bits per heavy atom. The van der Waals surface area contributed by atoms with Crippen molar-refractivity contribution >= 4 is 23.5 Å². The number of thioether (sulfide) groups is 1. The van der Waals surface area contributed by atoms with E-state index in [1.807, 2.05) is 35.2 Å². The minimum Gasteiger partial charge on any atom is -0.484 e. The van der Waals surface area contributed by atoms with Gasteiger partial charge in [-0.2, -0.15) is 0 Å². The monoisotopic (exact) mass is 354 g/mol. The minimum atomic E-state index is -0.567. The highest BCUT2D eigenvalue weighted by Crippen LogP contribution is 2.38.